The third-order valence-corrected chi connectivity index (χ3v) is 3.71. The molecule has 2 atom stereocenters. The molecule has 1 aliphatic rings. The van der Waals surface area contributed by atoms with Gasteiger partial charge in [-0.05, 0) is 37.4 Å². The maximum absolute atomic E-state index is 12.1. The second-order valence-corrected chi connectivity index (χ2v) is 4.97. The molecule has 0 aliphatic heterocycles. The lowest BCUT2D eigenvalue weighted by Gasteiger charge is -2.19. The normalized spacial score (nSPS) is 20.6. The van der Waals surface area contributed by atoms with Crippen LogP contribution in [0, 0.1) is 16.0 Å². The number of phenols is 1. The fourth-order valence-corrected chi connectivity index (χ4v) is 2.58. The molecule has 0 bridgehead atoms. The van der Waals surface area contributed by atoms with E-state index in [9.17, 15) is 20.0 Å². The third kappa shape index (κ3) is 3.83. The van der Waals surface area contributed by atoms with Gasteiger partial charge in [-0.25, -0.2) is 0 Å². The summed E-state index contributed by atoms with van der Waals surface area (Å²) in [4.78, 5) is 22.0. The van der Waals surface area contributed by atoms with Crippen molar-refractivity contribution in [2.24, 2.45) is 11.7 Å². The molecule has 0 spiro atoms. The van der Waals surface area contributed by atoms with E-state index in [0.29, 0.717) is 6.54 Å². The Balaban J connectivity index is 0.00000220. The number of nitrogens with zero attached hydrogens (tertiary/aromatic N) is 1. The molecule has 2 unspecified atom stereocenters. The largest absolute Gasteiger partial charge is 0.502 e. The van der Waals surface area contributed by atoms with Crippen LogP contribution >= 0.6 is 12.4 Å². The van der Waals surface area contributed by atoms with Crippen molar-refractivity contribution < 1.29 is 14.8 Å². The van der Waals surface area contributed by atoms with E-state index in [1.165, 1.54) is 6.07 Å². The molecule has 1 aromatic rings. The molecular formula is C13H18ClN3O4. The number of phenolic OH excluding ortho intramolecular Hbond substituents is 1. The van der Waals surface area contributed by atoms with Crippen molar-refractivity contribution in [1.82, 2.24) is 5.32 Å². The number of rotatable bonds is 4. The van der Waals surface area contributed by atoms with Gasteiger partial charge < -0.3 is 16.2 Å². The number of carbonyl (C=O) groups is 1. The van der Waals surface area contributed by atoms with E-state index in [-0.39, 0.29) is 35.8 Å². The molecular weight excluding hydrogens is 298 g/mol. The molecule has 116 valence electrons. The minimum atomic E-state index is -0.696. The molecule has 0 saturated heterocycles. The van der Waals surface area contributed by atoms with Crippen LogP contribution in [0.4, 0.5) is 5.69 Å². The molecule has 0 radical (unpaired) electrons. The highest BCUT2D eigenvalue weighted by molar-refractivity contribution is 5.95. The summed E-state index contributed by atoms with van der Waals surface area (Å²) in [6, 6.07) is 3.60. The zero-order chi connectivity index (χ0) is 14.7. The van der Waals surface area contributed by atoms with Crippen LogP contribution in [-0.2, 0) is 0 Å². The first-order valence-electron chi connectivity index (χ1n) is 6.51. The summed E-state index contributed by atoms with van der Waals surface area (Å²) in [5, 5.41) is 23.0. The first kappa shape index (κ1) is 17.2. The van der Waals surface area contributed by atoms with Crippen molar-refractivity contribution in [3.05, 3.63) is 33.9 Å². The van der Waals surface area contributed by atoms with Crippen molar-refractivity contribution in [2.75, 3.05) is 6.54 Å². The van der Waals surface area contributed by atoms with Gasteiger partial charge in [0.15, 0.2) is 5.75 Å². The third-order valence-electron chi connectivity index (χ3n) is 3.71. The first-order chi connectivity index (χ1) is 9.52. The molecule has 21 heavy (non-hydrogen) atoms. The predicted molar refractivity (Wildman–Crippen MR) is 79.7 cm³/mol. The Hall–Kier alpha value is -1.86. The molecule has 2 rings (SSSR count). The molecule has 4 N–H and O–H groups in total. The number of amides is 1. The lowest BCUT2D eigenvalue weighted by molar-refractivity contribution is -0.385. The number of nitro groups is 1. The fraction of sp³-hybridized carbons (Fsp3) is 0.462. The number of halogens is 1. The minimum Gasteiger partial charge on any atom is -0.502 e. The minimum absolute atomic E-state index is 0. The number of hydrogen-bond donors (Lipinski definition) is 3. The maximum Gasteiger partial charge on any atom is 0.310 e. The van der Waals surface area contributed by atoms with Gasteiger partial charge in [0.2, 0.25) is 0 Å². The second kappa shape index (κ2) is 7.24. The summed E-state index contributed by atoms with van der Waals surface area (Å²) < 4.78 is 0. The van der Waals surface area contributed by atoms with Gasteiger partial charge in [-0.15, -0.1) is 12.4 Å². The van der Waals surface area contributed by atoms with E-state index in [1.54, 1.807) is 0 Å². The quantitative estimate of drug-likeness (QED) is 0.575. The molecule has 0 heterocycles. The van der Waals surface area contributed by atoms with Crippen LogP contribution in [0.25, 0.3) is 0 Å². The van der Waals surface area contributed by atoms with Crippen LogP contribution in [0.2, 0.25) is 0 Å². The summed E-state index contributed by atoms with van der Waals surface area (Å²) in [6.07, 6.45) is 2.90. The van der Waals surface area contributed by atoms with Crippen molar-refractivity contribution in [3.8, 4) is 5.75 Å². The monoisotopic (exact) mass is 315 g/mol. The summed E-state index contributed by atoms with van der Waals surface area (Å²) in [5.41, 5.74) is 5.44. The maximum atomic E-state index is 12.1. The molecule has 8 heteroatoms. The van der Waals surface area contributed by atoms with Gasteiger partial charge in [-0.2, -0.15) is 0 Å². The van der Waals surface area contributed by atoms with Gasteiger partial charge in [0.05, 0.1) is 4.92 Å². The van der Waals surface area contributed by atoms with Gasteiger partial charge in [-0.1, -0.05) is 6.42 Å². The van der Waals surface area contributed by atoms with E-state index >= 15 is 0 Å². The molecule has 1 amide bonds. The van der Waals surface area contributed by atoms with Gasteiger partial charge >= 0.3 is 5.69 Å². The van der Waals surface area contributed by atoms with Crippen molar-refractivity contribution >= 4 is 24.0 Å². The van der Waals surface area contributed by atoms with Crippen LogP contribution in [0.5, 0.6) is 5.75 Å². The fourth-order valence-electron chi connectivity index (χ4n) is 2.58. The molecule has 1 fully saturated rings. The number of nitrogens with two attached hydrogens (primary N) is 1. The van der Waals surface area contributed by atoms with E-state index in [1.807, 2.05) is 0 Å². The van der Waals surface area contributed by atoms with E-state index in [2.05, 4.69) is 5.32 Å². The van der Waals surface area contributed by atoms with Crippen LogP contribution in [0.1, 0.15) is 29.6 Å². The Morgan fingerprint density at radius 1 is 1.48 bits per heavy atom. The highest BCUT2D eigenvalue weighted by Crippen LogP contribution is 2.27. The van der Waals surface area contributed by atoms with Crippen LogP contribution < -0.4 is 11.1 Å². The van der Waals surface area contributed by atoms with E-state index in [4.69, 9.17) is 5.73 Å². The van der Waals surface area contributed by atoms with Gasteiger partial charge in [-0.3, -0.25) is 14.9 Å². The Labute approximate surface area is 128 Å². The van der Waals surface area contributed by atoms with Crippen LogP contribution in [0.15, 0.2) is 18.2 Å². The number of aromatic hydroxyl groups is 1. The summed E-state index contributed by atoms with van der Waals surface area (Å²) in [6.45, 7) is 0.524. The second-order valence-electron chi connectivity index (χ2n) is 4.97. The average molecular weight is 316 g/mol. The first-order valence-corrected chi connectivity index (χ1v) is 6.51. The van der Waals surface area contributed by atoms with Crippen molar-refractivity contribution in [2.45, 2.75) is 25.3 Å². The summed E-state index contributed by atoms with van der Waals surface area (Å²) in [7, 11) is 0. The Morgan fingerprint density at radius 2 is 2.19 bits per heavy atom. The summed E-state index contributed by atoms with van der Waals surface area (Å²) >= 11 is 0. The SMILES string of the molecule is Cl.NCC1CCCC1NC(=O)c1ccc([N+](=O)[O-])c(O)c1. The standard InChI is InChI=1S/C13H17N3O4.ClH/c14-7-9-2-1-3-10(9)15-13(18)8-4-5-11(16(19)20)12(17)6-8;/h4-6,9-10,17H,1-3,7,14H2,(H,15,18);1H. The van der Waals surface area contributed by atoms with Crippen molar-refractivity contribution in [1.29, 1.82) is 0 Å². The Morgan fingerprint density at radius 3 is 2.76 bits per heavy atom. The van der Waals surface area contributed by atoms with Crippen LogP contribution in [-0.4, -0.2) is 28.5 Å². The number of carbonyl (C=O) groups excluding carboxylic acids is 1. The van der Waals surface area contributed by atoms with Gasteiger partial charge in [0.1, 0.15) is 0 Å². The highest BCUT2D eigenvalue weighted by atomic mass is 35.5. The predicted octanol–water partition coefficient (Wildman–Crippen LogP) is 1.58. The van der Waals surface area contributed by atoms with E-state index in [0.717, 1.165) is 31.4 Å². The lowest BCUT2D eigenvalue weighted by atomic mass is 10.0. The number of nitrogens with one attached hydrogen (secondary N) is 1. The van der Waals surface area contributed by atoms with E-state index < -0.39 is 16.4 Å². The smallest absolute Gasteiger partial charge is 0.310 e. The number of nitro benzene ring substituents is 1. The summed E-state index contributed by atoms with van der Waals surface area (Å²) in [5.74, 6) is -0.587. The molecule has 0 aromatic heterocycles. The zero-order valence-corrected chi connectivity index (χ0v) is 12.1. The molecule has 1 saturated carbocycles. The number of benzene rings is 1. The van der Waals surface area contributed by atoms with Gasteiger partial charge in [0, 0.05) is 17.7 Å². The molecule has 7 nitrogen and oxygen atoms in total. The Bertz CT molecular complexity index is 538. The molecule has 1 aromatic carbocycles. The van der Waals surface area contributed by atoms with Gasteiger partial charge in [0.25, 0.3) is 5.91 Å². The lowest BCUT2D eigenvalue weighted by Crippen LogP contribution is -2.39. The van der Waals surface area contributed by atoms with Crippen LogP contribution in [0.3, 0.4) is 0 Å². The van der Waals surface area contributed by atoms with Crippen molar-refractivity contribution in [3.63, 3.8) is 0 Å². The zero-order valence-electron chi connectivity index (χ0n) is 11.3. The number of hydrogen-bond acceptors (Lipinski definition) is 5. The Kier molecular flexibility index (Phi) is 5.92. The molecule has 1 aliphatic carbocycles. The topological polar surface area (TPSA) is 118 Å². The average Bonchev–Trinajstić information content (AvgIpc) is 2.85. The highest BCUT2D eigenvalue weighted by Gasteiger charge is 2.28.